The fourth-order valence-electron chi connectivity index (χ4n) is 3.73. The minimum absolute atomic E-state index is 0.262. The Labute approximate surface area is 127 Å². The molecule has 2 N–H and O–H groups in total. The molecule has 5 heteroatoms. The van der Waals surface area contributed by atoms with E-state index in [2.05, 4.69) is 33.3 Å². The average molecular weight is 289 g/mol. The second-order valence-electron chi connectivity index (χ2n) is 6.59. The lowest BCUT2D eigenvalue weighted by molar-refractivity contribution is 0.229. The SMILES string of the molecule is CC(C)n1cncc1C1CN=C(N)N1C1CCCCCC1. The Morgan fingerprint density at radius 3 is 2.57 bits per heavy atom. The van der Waals surface area contributed by atoms with Gasteiger partial charge in [-0.2, -0.15) is 0 Å². The number of aliphatic imine (C=N–C) groups is 1. The van der Waals surface area contributed by atoms with Crippen LogP contribution >= 0.6 is 0 Å². The van der Waals surface area contributed by atoms with Gasteiger partial charge in [0.2, 0.25) is 0 Å². The maximum Gasteiger partial charge on any atom is 0.192 e. The highest BCUT2D eigenvalue weighted by molar-refractivity contribution is 5.80. The summed E-state index contributed by atoms with van der Waals surface area (Å²) < 4.78 is 2.25. The van der Waals surface area contributed by atoms with Gasteiger partial charge in [-0.1, -0.05) is 25.7 Å². The highest BCUT2D eigenvalue weighted by Crippen LogP contribution is 2.33. The molecule has 0 radical (unpaired) electrons. The van der Waals surface area contributed by atoms with Gasteiger partial charge < -0.3 is 15.2 Å². The first-order chi connectivity index (χ1) is 10.2. The van der Waals surface area contributed by atoms with Crippen molar-refractivity contribution >= 4 is 5.96 Å². The number of nitrogens with zero attached hydrogens (tertiary/aromatic N) is 4. The van der Waals surface area contributed by atoms with Crippen LogP contribution in [-0.2, 0) is 0 Å². The van der Waals surface area contributed by atoms with Crippen LogP contribution < -0.4 is 5.73 Å². The molecule has 1 aromatic rings. The molecule has 0 saturated heterocycles. The van der Waals surface area contributed by atoms with E-state index in [4.69, 9.17) is 5.73 Å². The van der Waals surface area contributed by atoms with Crippen LogP contribution in [0.1, 0.15) is 70.2 Å². The fourth-order valence-corrected chi connectivity index (χ4v) is 3.73. The molecule has 1 fully saturated rings. The standard InChI is InChI=1S/C16H27N5/c1-12(2)20-11-18-9-14(20)15-10-19-16(17)21(15)13-7-5-3-4-6-8-13/h9,11-13,15H,3-8,10H2,1-2H3,(H2,17,19). The first-order valence-corrected chi connectivity index (χ1v) is 8.28. The summed E-state index contributed by atoms with van der Waals surface area (Å²) >= 11 is 0. The third kappa shape index (κ3) is 2.78. The lowest BCUT2D eigenvalue weighted by Gasteiger charge is -2.34. The van der Waals surface area contributed by atoms with Gasteiger partial charge in [0.15, 0.2) is 5.96 Å². The van der Waals surface area contributed by atoms with E-state index in [1.165, 1.54) is 44.2 Å². The number of hydrogen-bond acceptors (Lipinski definition) is 4. The number of nitrogens with two attached hydrogens (primary N) is 1. The van der Waals surface area contributed by atoms with E-state index in [0.29, 0.717) is 12.1 Å². The smallest absolute Gasteiger partial charge is 0.192 e. The molecule has 1 unspecified atom stereocenters. The molecule has 2 heterocycles. The van der Waals surface area contributed by atoms with Gasteiger partial charge in [0, 0.05) is 12.1 Å². The Morgan fingerprint density at radius 1 is 1.19 bits per heavy atom. The summed E-state index contributed by atoms with van der Waals surface area (Å²) in [6.45, 7) is 5.15. The van der Waals surface area contributed by atoms with Crippen molar-refractivity contribution in [2.75, 3.05) is 6.54 Å². The molecule has 0 aromatic carbocycles. The van der Waals surface area contributed by atoms with Gasteiger partial charge in [0.25, 0.3) is 0 Å². The summed E-state index contributed by atoms with van der Waals surface area (Å²) in [4.78, 5) is 11.3. The third-order valence-electron chi connectivity index (χ3n) is 4.84. The lowest BCUT2D eigenvalue weighted by atomic mass is 10.0. The predicted octanol–water partition coefficient (Wildman–Crippen LogP) is 2.86. The lowest BCUT2D eigenvalue weighted by Crippen LogP contribution is -2.44. The third-order valence-corrected chi connectivity index (χ3v) is 4.84. The number of guanidine groups is 1. The normalized spacial score (nSPS) is 24.4. The van der Waals surface area contributed by atoms with E-state index in [1.54, 1.807) is 0 Å². The number of aromatic nitrogens is 2. The van der Waals surface area contributed by atoms with Crippen molar-refractivity contribution in [3.05, 3.63) is 18.2 Å². The fraction of sp³-hybridized carbons (Fsp3) is 0.750. The van der Waals surface area contributed by atoms with Crippen molar-refractivity contribution in [3.63, 3.8) is 0 Å². The molecule has 2 aliphatic rings. The summed E-state index contributed by atoms with van der Waals surface area (Å²) in [5, 5.41) is 0. The monoisotopic (exact) mass is 289 g/mol. The molecule has 1 atom stereocenters. The van der Waals surface area contributed by atoms with E-state index in [9.17, 15) is 0 Å². The zero-order valence-corrected chi connectivity index (χ0v) is 13.2. The van der Waals surface area contributed by atoms with Crippen molar-refractivity contribution in [1.29, 1.82) is 0 Å². The molecular formula is C16H27N5. The van der Waals surface area contributed by atoms with E-state index in [-0.39, 0.29) is 6.04 Å². The molecule has 21 heavy (non-hydrogen) atoms. The first-order valence-electron chi connectivity index (χ1n) is 8.28. The van der Waals surface area contributed by atoms with Crippen molar-refractivity contribution in [1.82, 2.24) is 14.5 Å². The number of imidazole rings is 1. The molecule has 1 aliphatic heterocycles. The van der Waals surface area contributed by atoms with E-state index >= 15 is 0 Å². The van der Waals surface area contributed by atoms with E-state index in [0.717, 1.165) is 12.5 Å². The molecule has 0 amide bonds. The molecule has 5 nitrogen and oxygen atoms in total. The summed E-state index contributed by atoms with van der Waals surface area (Å²) in [5.74, 6) is 0.725. The second kappa shape index (κ2) is 6.08. The highest BCUT2D eigenvalue weighted by atomic mass is 15.4. The minimum Gasteiger partial charge on any atom is -0.370 e. The number of hydrogen-bond donors (Lipinski definition) is 1. The Hall–Kier alpha value is -1.52. The van der Waals surface area contributed by atoms with Crippen molar-refractivity contribution in [3.8, 4) is 0 Å². The zero-order valence-electron chi connectivity index (χ0n) is 13.2. The van der Waals surface area contributed by atoms with Crippen LogP contribution in [0.2, 0.25) is 0 Å². The van der Waals surface area contributed by atoms with Crippen LogP contribution in [-0.4, -0.2) is 33.0 Å². The zero-order chi connectivity index (χ0) is 14.8. The minimum atomic E-state index is 0.262. The van der Waals surface area contributed by atoms with Crippen LogP contribution in [0.25, 0.3) is 0 Å². The van der Waals surface area contributed by atoms with E-state index in [1.807, 2.05) is 12.5 Å². The summed E-state index contributed by atoms with van der Waals surface area (Å²) in [7, 11) is 0. The van der Waals surface area contributed by atoms with Gasteiger partial charge >= 0.3 is 0 Å². The molecule has 1 aromatic heterocycles. The number of rotatable bonds is 3. The largest absolute Gasteiger partial charge is 0.370 e. The highest BCUT2D eigenvalue weighted by Gasteiger charge is 2.35. The molecule has 0 spiro atoms. The molecule has 1 aliphatic carbocycles. The Balaban J connectivity index is 1.86. The van der Waals surface area contributed by atoms with Gasteiger partial charge in [-0.15, -0.1) is 0 Å². The van der Waals surface area contributed by atoms with Crippen LogP contribution in [0.3, 0.4) is 0 Å². The summed E-state index contributed by atoms with van der Waals surface area (Å²) in [6.07, 6.45) is 11.7. The quantitative estimate of drug-likeness (QED) is 0.870. The first kappa shape index (κ1) is 14.4. The maximum absolute atomic E-state index is 6.23. The van der Waals surface area contributed by atoms with Crippen molar-refractivity contribution in [2.45, 2.75) is 70.5 Å². The van der Waals surface area contributed by atoms with E-state index < -0.39 is 0 Å². The Kier molecular flexibility index (Phi) is 4.17. The van der Waals surface area contributed by atoms with Gasteiger partial charge in [0.1, 0.15) is 0 Å². The van der Waals surface area contributed by atoms with Gasteiger partial charge in [-0.3, -0.25) is 4.99 Å². The Bertz CT molecular complexity index is 497. The van der Waals surface area contributed by atoms with Crippen LogP contribution in [0.4, 0.5) is 0 Å². The van der Waals surface area contributed by atoms with Crippen LogP contribution in [0.5, 0.6) is 0 Å². The molecule has 3 rings (SSSR count). The van der Waals surface area contributed by atoms with Crippen LogP contribution in [0, 0.1) is 0 Å². The maximum atomic E-state index is 6.23. The van der Waals surface area contributed by atoms with Gasteiger partial charge in [-0.25, -0.2) is 4.98 Å². The topological polar surface area (TPSA) is 59.4 Å². The molecular weight excluding hydrogens is 262 g/mol. The van der Waals surface area contributed by atoms with Gasteiger partial charge in [-0.05, 0) is 26.7 Å². The van der Waals surface area contributed by atoms with Crippen molar-refractivity contribution in [2.24, 2.45) is 10.7 Å². The average Bonchev–Trinajstić information content (AvgIpc) is 2.98. The predicted molar refractivity (Wildman–Crippen MR) is 85.2 cm³/mol. The summed E-state index contributed by atoms with van der Waals surface area (Å²) in [6, 6.07) is 1.22. The summed E-state index contributed by atoms with van der Waals surface area (Å²) in [5.41, 5.74) is 7.48. The second-order valence-corrected chi connectivity index (χ2v) is 6.59. The molecule has 1 saturated carbocycles. The van der Waals surface area contributed by atoms with Gasteiger partial charge in [0.05, 0.1) is 30.8 Å². The Morgan fingerprint density at radius 2 is 1.90 bits per heavy atom. The molecule has 116 valence electrons. The van der Waals surface area contributed by atoms with Crippen LogP contribution in [0.15, 0.2) is 17.5 Å². The van der Waals surface area contributed by atoms with Crippen molar-refractivity contribution < 1.29 is 0 Å². The molecule has 0 bridgehead atoms.